The summed E-state index contributed by atoms with van der Waals surface area (Å²) in [4.78, 5) is 31.0. The Balaban J connectivity index is 1.47. The van der Waals surface area contributed by atoms with Gasteiger partial charge in [-0.2, -0.15) is 0 Å². The Kier molecular flexibility index (Phi) is 7.48. The summed E-state index contributed by atoms with van der Waals surface area (Å²) in [6, 6.07) is 9.73. The molecule has 2 aromatic rings. The zero-order valence-corrected chi connectivity index (χ0v) is 19.2. The summed E-state index contributed by atoms with van der Waals surface area (Å²) >= 11 is 3.33. The summed E-state index contributed by atoms with van der Waals surface area (Å²) in [5.74, 6) is 1.49. The summed E-state index contributed by atoms with van der Waals surface area (Å²) in [5.41, 5.74) is 2.21. The summed E-state index contributed by atoms with van der Waals surface area (Å²) < 4.78 is 6.68. The van der Waals surface area contributed by atoms with E-state index < -0.39 is 0 Å². The molecule has 1 fully saturated rings. The Morgan fingerprint density at radius 2 is 1.97 bits per heavy atom. The Bertz CT molecular complexity index is 891. The monoisotopic (exact) mass is 473 g/mol. The van der Waals surface area contributed by atoms with E-state index in [-0.39, 0.29) is 24.3 Å². The van der Waals surface area contributed by atoms with Crippen LogP contribution in [-0.2, 0) is 9.59 Å². The van der Waals surface area contributed by atoms with Crippen LogP contribution >= 0.6 is 15.9 Å². The first kappa shape index (κ1) is 22.3. The molecule has 0 saturated carbocycles. The number of likely N-dealkylation sites (tertiary alicyclic amines) is 1. The van der Waals surface area contributed by atoms with Gasteiger partial charge in [-0.15, -0.1) is 0 Å². The molecule has 160 valence electrons. The number of rotatable bonds is 6. The molecular formula is C23H28BrN3O3. The van der Waals surface area contributed by atoms with Gasteiger partial charge in [0.05, 0.1) is 0 Å². The van der Waals surface area contributed by atoms with Crippen molar-refractivity contribution in [2.75, 3.05) is 25.0 Å². The van der Waals surface area contributed by atoms with Crippen molar-refractivity contribution in [3.8, 4) is 5.75 Å². The van der Waals surface area contributed by atoms with Gasteiger partial charge in [0.25, 0.3) is 5.91 Å². The van der Waals surface area contributed by atoms with Crippen LogP contribution in [0.4, 0.5) is 5.82 Å². The van der Waals surface area contributed by atoms with E-state index in [1.165, 1.54) is 5.56 Å². The van der Waals surface area contributed by atoms with Gasteiger partial charge in [-0.1, -0.05) is 26.0 Å². The standard InChI is InChI=1S/C23H28BrN3O3/c1-15(2)18-5-4-16(3)20(12-18)30-14-22(28)27-10-8-17(9-11-27)23(29)26-21-7-6-19(24)13-25-21/h4-7,12-13,15,17H,8-11,14H2,1-3H3,(H,25,26,29). The number of piperidine rings is 1. The first-order valence-electron chi connectivity index (χ1n) is 10.3. The van der Waals surface area contributed by atoms with Crippen LogP contribution in [0.5, 0.6) is 5.75 Å². The van der Waals surface area contributed by atoms with Crippen molar-refractivity contribution in [1.82, 2.24) is 9.88 Å². The number of carbonyl (C=O) groups is 2. The van der Waals surface area contributed by atoms with E-state index >= 15 is 0 Å². The maximum absolute atomic E-state index is 12.6. The molecule has 0 spiro atoms. The first-order valence-corrected chi connectivity index (χ1v) is 11.1. The van der Waals surface area contributed by atoms with E-state index in [1.54, 1.807) is 17.2 Å². The first-order chi connectivity index (χ1) is 14.3. The van der Waals surface area contributed by atoms with Crippen molar-refractivity contribution in [2.24, 2.45) is 5.92 Å². The second-order valence-electron chi connectivity index (χ2n) is 7.97. The summed E-state index contributed by atoms with van der Waals surface area (Å²) in [5, 5.41) is 2.85. The summed E-state index contributed by atoms with van der Waals surface area (Å²) in [7, 11) is 0. The number of nitrogens with zero attached hydrogens (tertiary/aromatic N) is 2. The van der Waals surface area contributed by atoms with E-state index in [0.717, 1.165) is 15.8 Å². The van der Waals surface area contributed by atoms with E-state index in [0.29, 0.717) is 37.7 Å². The molecule has 1 aliphatic heterocycles. The number of carbonyl (C=O) groups excluding carboxylic acids is 2. The fourth-order valence-electron chi connectivity index (χ4n) is 3.43. The van der Waals surface area contributed by atoms with Crippen LogP contribution in [0.3, 0.4) is 0 Å². The van der Waals surface area contributed by atoms with Gasteiger partial charge in [0.1, 0.15) is 11.6 Å². The van der Waals surface area contributed by atoms with Crippen LogP contribution in [0.25, 0.3) is 0 Å². The number of nitrogens with one attached hydrogen (secondary N) is 1. The minimum Gasteiger partial charge on any atom is -0.483 e. The molecule has 1 aliphatic rings. The topological polar surface area (TPSA) is 71.5 Å². The smallest absolute Gasteiger partial charge is 0.260 e. The highest BCUT2D eigenvalue weighted by Gasteiger charge is 2.27. The Morgan fingerprint density at radius 3 is 2.60 bits per heavy atom. The van der Waals surface area contributed by atoms with Crippen molar-refractivity contribution in [2.45, 2.75) is 39.5 Å². The van der Waals surface area contributed by atoms with Crippen LogP contribution in [0.1, 0.15) is 43.7 Å². The molecule has 1 aromatic carbocycles. The lowest BCUT2D eigenvalue weighted by Crippen LogP contribution is -2.43. The molecule has 3 rings (SSSR count). The molecular weight excluding hydrogens is 446 g/mol. The molecule has 0 radical (unpaired) electrons. The number of anilines is 1. The Morgan fingerprint density at radius 1 is 1.23 bits per heavy atom. The van der Waals surface area contributed by atoms with Gasteiger partial charge in [0.2, 0.25) is 5.91 Å². The average Bonchev–Trinajstić information content (AvgIpc) is 2.74. The van der Waals surface area contributed by atoms with E-state index in [9.17, 15) is 9.59 Å². The molecule has 2 amide bonds. The number of amides is 2. The van der Waals surface area contributed by atoms with Crippen molar-refractivity contribution >= 4 is 33.6 Å². The SMILES string of the molecule is Cc1ccc(C(C)C)cc1OCC(=O)N1CCC(C(=O)Nc2ccc(Br)cn2)CC1. The lowest BCUT2D eigenvalue weighted by molar-refractivity contribution is -0.136. The number of benzene rings is 1. The zero-order chi connectivity index (χ0) is 21.7. The fourth-order valence-corrected chi connectivity index (χ4v) is 3.67. The normalized spacial score (nSPS) is 14.6. The molecule has 7 heteroatoms. The van der Waals surface area contributed by atoms with E-state index in [2.05, 4.69) is 46.1 Å². The van der Waals surface area contributed by atoms with Crippen molar-refractivity contribution in [3.63, 3.8) is 0 Å². The van der Waals surface area contributed by atoms with Gasteiger partial charge in [0, 0.05) is 29.7 Å². The largest absolute Gasteiger partial charge is 0.483 e. The molecule has 2 heterocycles. The van der Waals surface area contributed by atoms with Crippen LogP contribution in [0.2, 0.25) is 0 Å². The molecule has 1 aromatic heterocycles. The number of aryl methyl sites for hydroxylation is 1. The lowest BCUT2D eigenvalue weighted by atomic mass is 9.96. The maximum Gasteiger partial charge on any atom is 0.260 e. The Labute approximate surface area is 186 Å². The molecule has 6 nitrogen and oxygen atoms in total. The predicted molar refractivity (Wildman–Crippen MR) is 121 cm³/mol. The third-order valence-corrected chi connectivity index (χ3v) is 5.90. The molecule has 1 N–H and O–H groups in total. The summed E-state index contributed by atoms with van der Waals surface area (Å²) in [6.07, 6.45) is 2.92. The quantitative estimate of drug-likeness (QED) is 0.668. The maximum atomic E-state index is 12.6. The molecule has 0 bridgehead atoms. The van der Waals surface area contributed by atoms with Crippen molar-refractivity contribution in [1.29, 1.82) is 0 Å². The van der Waals surface area contributed by atoms with Gasteiger partial charge in [-0.25, -0.2) is 4.98 Å². The highest BCUT2D eigenvalue weighted by atomic mass is 79.9. The van der Waals surface area contributed by atoms with E-state index in [4.69, 9.17) is 4.74 Å². The highest BCUT2D eigenvalue weighted by Crippen LogP contribution is 2.25. The lowest BCUT2D eigenvalue weighted by Gasteiger charge is -2.31. The number of hydrogen-bond acceptors (Lipinski definition) is 4. The zero-order valence-electron chi connectivity index (χ0n) is 17.7. The molecule has 0 aliphatic carbocycles. The number of ether oxygens (including phenoxy) is 1. The number of pyridine rings is 1. The fraction of sp³-hybridized carbons (Fsp3) is 0.435. The predicted octanol–water partition coefficient (Wildman–Crippen LogP) is 4.53. The average molecular weight is 474 g/mol. The summed E-state index contributed by atoms with van der Waals surface area (Å²) in [6.45, 7) is 7.37. The van der Waals surface area contributed by atoms with Gasteiger partial charge in [-0.3, -0.25) is 9.59 Å². The second-order valence-corrected chi connectivity index (χ2v) is 8.89. The minimum absolute atomic E-state index is 0.0159. The van der Waals surface area contributed by atoms with Crippen LogP contribution in [-0.4, -0.2) is 41.4 Å². The number of hydrogen-bond donors (Lipinski definition) is 1. The van der Waals surface area contributed by atoms with Crippen molar-refractivity contribution in [3.05, 3.63) is 52.1 Å². The van der Waals surface area contributed by atoms with Crippen molar-refractivity contribution < 1.29 is 14.3 Å². The second kappa shape index (κ2) is 10.1. The van der Waals surface area contributed by atoms with Crippen LogP contribution in [0, 0.1) is 12.8 Å². The molecule has 1 saturated heterocycles. The van der Waals surface area contributed by atoms with Gasteiger partial charge in [0.15, 0.2) is 6.61 Å². The molecule has 0 atom stereocenters. The third-order valence-electron chi connectivity index (χ3n) is 5.43. The van der Waals surface area contributed by atoms with Gasteiger partial charge < -0.3 is 15.0 Å². The number of aromatic nitrogens is 1. The van der Waals surface area contributed by atoms with Gasteiger partial charge in [-0.05, 0) is 70.9 Å². The van der Waals surface area contributed by atoms with Crippen LogP contribution < -0.4 is 10.1 Å². The third kappa shape index (κ3) is 5.81. The van der Waals surface area contributed by atoms with Gasteiger partial charge >= 0.3 is 0 Å². The Hall–Kier alpha value is -2.41. The van der Waals surface area contributed by atoms with E-state index in [1.807, 2.05) is 25.1 Å². The highest BCUT2D eigenvalue weighted by molar-refractivity contribution is 9.10. The molecule has 0 unspecified atom stereocenters. The molecule has 30 heavy (non-hydrogen) atoms. The number of halogens is 1. The van der Waals surface area contributed by atoms with Crippen LogP contribution in [0.15, 0.2) is 41.0 Å². The minimum atomic E-state index is -0.120.